The van der Waals surface area contributed by atoms with Gasteiger partial charge in [0.2, 0.25) is 0 Å². The smallest absolute Gasteiger partial charge is 0.260 e. The number of hydrogen-bond acceptors (Lipinski definition) is 5. The molecule has 1 saturated heterocycles. The van der Waals surface area contributed by atoms with Gasteiger partial charge in [-0.25, -0.2) is 14.4 Å². The molecule has 0 spiro atoms. The minimum absolute atomic E-state index is 0.0714. The lowest BCUT2D eigenvalue weighted by atomic mass is 10.2. The second kappa shape index (κ2) is 7.35. The molecular weight excluding hydrogens is 313 g/mol. The van der Waals surface area contributed by atoms with Crippen molar-refractivity contribution in [3.05, 3.63) is 53.9 Å². The number of halogens is 1. The van der Waals surface area contributed by atoms with Gasteiger partial charge in [0.1, 0.15) is 11.9 Å². The van der Waals surface area contributed by atoms with Crippen molar-refractivity contribution in [2.24, 2.45) is 0 Å². The second-order valence-corrected chi connectivity index (χ2v) is 5.45. The van der Waals surface area contributed by atoms with Crippen LogP contribution >= 0.6 is 0 Å². The van der Waals surface area contributed by atoms with E-state index in [1.54, 1.807) is 36.2 Å². The number of carbonyl (C=O) groups is 1. The molecule has 1 amide bonds. The highest BCUT2D eigenvalue weighted by atomic mass is 19.1. The summed E-state index contributed by atoms with van der Waals surface area (Å²) < 4.78 is 24.5. The van der Waals surface area contributed by atoms with Crippen LogP contribution in [0.4, 0.5) is 4.39 Å². The van der Waals surface area contributed by atoms with Crippen LogP contribution < -0.4 is 4.74 Å². The van der Waals surface area contributed by atoms with E-state index >= 15 is 0 Å². The van der Waals surface area contributed by atoms with Gasteiger partial charge in [-0.2, -0.15) is 0 Å². The number of benzene rings is 1. The number of para-hydroxylation sites is 1. The Morgan fingerprint density at radius 1 is 1.42 bits per heavy atom. The standard InChI is InChI=1S/C17H18FN3O3/c1-12-19-7-6-14(20-12)16-10-21(8-9-23-16)17(22)11-24-15-5-3-2-4-13(15)18/h2-7,16H,8-11H2,1H3/t16-/m1/s1. The van der Waals surface area contributed by atoms with E-state index in [1.807, 2.05) is 0 Å². The Labute approximate surface area is 139 Å². The molecular formula is C17H18FN3O3. The van der Waals surface area contributed by atoms with Gasteiger partial charge in [-0.3, -0.25) is 4.79 Å². The Hall–Kier alpha value is -2.54. The van der Waals surface area contributed by atoms with Crippen LogP contribution in [-0.4, -0.2) is 47.1 Å². The highest BCUT2D eigenvalue weighted by Gasteiger charge is 2.26. The third-order valence-corrected chi connectivity index (χ3v) is 3.73. The van der Waals surface area contributed by atoms with E-state index in [4.69, 9.17) is 9.47 Å². The normalized spacial score (nSPS) is 17.6. The summed E-state index contributed by atoms with van der Waals surface area (Å²) in [6.07, 6.45) is 1.38. The SMILES string of the molecule is Cc1nccc([C@H]2CN(C(=O)COc3ccccc3F)CCO2)n1. The Kier molecular flexibility index (Phi) is 5.00. The predicted octanol–water partition coefficient (Wildman–Crippen LogP) is 1.90. The lowest BCUT2D eigenvalue weighted by Gasteiger charge is -2.32. The number of amides is 1. The number of ether oxygens (including phenoxy) is 2. The van der Waals surface area contributed by atoms with E-state index < -0.39 is 5.82 Å². The summed E-state index contributed by atoms with van der Waals surface area (Å²) in [6, 6.07) is 7.79. The molecule has 2 heterocycles. The lowest BCUT2D eigenvalue weighted by molar-refractivity contribution is -0.141. The summed E-state index contributed by atoms with van der Waals surface area (Å²) in [5.41, 5.74) is 0.745. The quantitative estimate of drug-likeness (QED) is 0.856. The van der Waals surface area contributed by atoms with Crippen molar-refractivity contribution in [3.8, 4) is 5.75 Å². The molecule has 7 heteroatoms. The van der Waals surface area contributed by atoms with Crippen molar-refractivity contribution >= 4 is 5.91 Å². The van der Waals surface area contributed by atoms with Crippen molar-refractivity contribution in [1.29, 1.82) is 0 Å². The summed E-state index contributed by atoms with van der Waals surface area (Å²) in [6.45, 7) is 2.86. The Morgan fingerprint density at radius 3 is 3.04 bits per heavy atom. The number of aromatic nitrogens is 2. The van der Waals surface area contributed by atoms with Crippen LogP contribution in [-0.2, 0) is 9.53 Å². The Balaban J connectivity index is 1.60. The topological polar surface area (TPSA) is 64.6 Å². The zero-order valence-electron chi connectivity index (χ0n) is 13.3. The van der Waals surface area contributed by atoms with Crippen LogP contribution in [0.25, 0.3) is 0 Å². The van der Waals surface area contributed by atoms with Gasteiger partial charge in [0.15, 0.2) is 18.2 Å². The molecule has 0 saturated carbocycles. The van der Waals surface area contributed by atoms with Crippen LogP contribution in [0.1, 0.15) is 17.6 Å². The van der Waals surface area contributed by atoms with E-state index in [9.17, 15) is 9.18 Å². The fourth-order valence-electron chi connectivity index (χ4n) is 2.50. The highest BCUT2D eigenvalue weighted by molar-refractivity contribution is 5.78. The molecule has 6 nitrogen and oxygen atoms in total. The molecule has 24 heavy (non-hydrogen) atoms. The Bertz CT molecular complexity index is 726. The molecule has 0 radical (unpaired) electrons. The molecule has 1 aromatic carbocycles. The average Bonchev–Trinajstić information content (AvgIpc) is 2.61. The monoisotopic (exact) mass is 331 g/mol. The first kappa shape index (κ1) is 16.3. The highest BCUT2D eigenvalue weighted by Crippen LogP contribution is 2.21. The van der Waals surface area contributed by atoms with Gasteiger partial charge in [0.25, 0.3) is 5.91 Å². The van der Waals surface area contributed by atoms with Gasteiger partial charge >= 0.3 is 0 Å². The van der Waals surface area contributed by atoms with Crippen LogP contribution in [0.5, 0.6) is 5.75 Å². The zero-order chi connectivity index (χ0) is 16.9. The maximum Gasteiger partial charge on any atom is 0.260 e. The number of nitrogens with zero attached hydrogens (tertiary/aromatic N) is 3. The summed E-state index contributed by atoms with van der Waals surface area (Å²) in [5, 5.41) is 0. The fraction of sp³-hybridized carbons (Fsp3) is 0.353. The molecule has 1 fully saturated rings. The van der Waals surface area contributed by atoms with Crippen LogP contribution in [0.2, 0.25) is 0 Å². The van der Waals surface area contributed by atoms with Crippen molar-refractivity contribution in [1.82, 2.24) is 14.9 Å². The van der Waals surface area contributed by atoms with Gasteiger partial charge in [0, 0.05) is 12.7 Å². The average molecular weight is 331 g/mol. The number of morpholine rings is 1. The molecule has 0 aliphatic carbocycles. The maximum atomic E-state index is 13.5. The first-order chi connectivity index (χ1) is 11.6. The molecule has 1 aromatic heterocycles. The molecule has 0 bridgehead atoms. The van der Waals surface area contributed by atoms with Gasteiger partial charge in [-0.05, 0) is 25.1 Å². The molecule has 126 valence electrons. The maximum absolute atomic E-state index is 13.5. The van der Waals surface area contributed by atoms with E-state index in [0.29, 0.717) is 25.5 Å². The van der Waals surface area contributed by atoms with Crippen LogP contribution in [0, 0.1) is 12.7 Å². The van der Waals surface area contributed by atoms with Crippen molar-refractivity contribution < 1.29 is 18.7 Å². The summed E-state index contributed by atoms with van der Waals surface area (Å²) in [5.74, 6) is 0.0310. The van der Waals surface area contributed by atoms with Gasteiger partial charge in [0.05, 0.1) is 18.8 Å². The predicted molar refractivity (Wildman–Crippen MR) is 83.9 cm³/mol. The van der Waals surface area contributed by atoms with E-state index in [0.717, 1.165) is 5.69 Å². The molecule has 0 N–H and O–H groups in total. The number of rotatable bonds is 4. The number of hydrogen-bond donors (Lipinski definition) is 0. The molecule has 1 aliphatic heterocycles. The first-order valence-corrected chi connectivity index (χ1v) is 7.70. The molecule has 0 unspecified atom stereocenters. The van der Waals surface area contributed by atoms with E-state index in [1.165, 1.54) is 12.1 Å². The molecule has 1 atom stereocenters. The van der Waals surface area contributed by atoms with Crippen molar-refractivity contribution in [2.75, 3.05) is 26.3 Å². The van der Waals surface area contributed by atoms with Crippen molar-refractivity contribution in [2.45, 2.75) is 13.0 Å². The zero-order valence-corrected chi connectivity index (χ0v) is 13.3. The third-order valence-electron chi connectivity index (χ3n) is 3.73. The van der Waals surface area contributed by atoms with Crippen molar-refractivity contribution in [3.63, 3.8) is 0 Å². The molecule has 3 rings (SSSR count). The number of aryl methyl sites for hydroxylation is 1. The van der Waals surface area contributed by atoms with Gasteiger partial charge < -0.3 is 14.4 Å². The summed E-state index contributed by atoms with van der Waals surface area (Å²) in [4.78, 5) is 22.4. The van der Waals surface area contributed by atoms with E-state index in [2.05, 4.69) is 9.97 Å². The van der Waals surface area contributed by atoms with Gasteiger partial charge in [-0.1, -0.05) is 12.1 Å². The minimum Gasteiger partial charge on any atom is -0.481 e. The first-order valence-electron chi connectivity index (χ1n) is 7.70. The lowest BCUT2D eigenvalue weighted by Crippen LogP contribution is -2.44. The summed E-state index contributed by atoms with van der Waals surface area (Å²) >= 11 is 0. The van der Waals surface area contributed by atoms with Crippen LogP contribution in [0.3, 0.4) is 0 Å². The summed E-state index contributed by atoms with van der Waals surface area (Å²) in [7, 11) is 0. The van der Waals surface area contributed by atoms with E-state index in [-0.39, 0.29) is 24.4 Å². The largest absolute Gasteiger partial charge is 0.481 e. The Morgan fingerprint density at radius 2 is 2.25 bits per heavy atom. The second-order valence-electron chi connectivity index (χ2n) is 5.45. The molecule has 1 aliphatic rings. The third kappa shape index (κ3) is 3.86. The van der Waals surface area contributed by atoms with Gasteiger partial charge in [-0.15, -0.1) is 0 Å². The fourth-order valence-corrected chi connectivity index (χ4v) is 2.50. The minimum atomic E-state index is -0.485. The van der Waals surface area contributed by atoms with Crippen LogP contribution in [0.15, 0.2) is 36.5 Å². The molecule has 2 aromatic rings. The number of carbonyl (C=O) groups excluding carboxylic acids is 1.